The van der Waals surface area contributed by atoms with E-state index in [2.05, 4.69) is 16.3 Å². The van der Waals surface area contributed by atoms with E-state index in [1.807, 2.05) is 25.3 Å². The standard InChI is InChI=1S/C10H13N3/c1-7(11)5-8-3-2-4-9-6-12-13-10(8)9/h2-4,6-7H,5,11H2,1H3,(H,12,13)/t7-/m0/s1. The predicted molar refractivity (Wildman–Crippen MR) is 53.4 cm³/mol. The molecule has 0 unspecified atom stereocenters. The van der Waals surface area contributed by atoms with Crippen molar-refractivity contribution in [2.75, 3.05) is 0 Å². The lowest BCUT2D eigenvalue weighted by molar-refractivity contribution is 0.740. The van der Waals surface area contributed by atoms with E-state index in [0.717, 1.165) is 17.3 Å². The number of rotatable bonds is 2. The number of aromatic amines is 1. The molecule has 0 aliphatic rings. The van der Waals surface area contributed by atoms with Crippen LogP contribution in [0.15, 0.2) is 24.4 Å². The Bertz CT molecular complexity index is 403. The Balaban J connectivity index is 2.48. The van der Waals surface area contributed by atoms with Gasteiger partial charge in [0.2, 0.25) is 0 Å². The first-order chi connectivity index (χ1) is 6.27. The first-order valence-corrected chi connectivity index (χ1v) is 4.44. The van der Waals surface area contributed by atoms with E-state index in [9.17, 15) is 0 Å². The van der Waals surface area contributed by atoms with Gasteiger partial charge in [0.05, 0.1) is 11.7 Å². The summed E-state index contributed by atoms with van der Waals surface area (Å²) in [6.45, 7) is 2.01. The van der Waals surface area contributed by atoms with E-state index in [4.69, 9.17) is 5.73 Å². The van der Waals surface area contributed by atoms with Gasteiger partial charge in [0.25, 0.3) is 0 Å². The Kier molecular flexibility index (Phi) is 2.02. The van der Waals surface area contributed by atoms with E-state index in [1.165, 1.54) is 5.56 Å². The molecule has 3 N–H and O–H groups in total. The number of nitrogens with zero attached hydrogens (tertiary/aromatic N) is 1. The van der Waals surface area contributed by atoms with Crippen molar-refractivity contribution in [1.82, 2.24) is 10.2 Å². The highest BCUT2D eigenvalue weighted by molar-refractivity contribution is 5.81. The number of hydrogen-bond acceptors (Lipinski definition) is 2. The number of H-pyrrole nitrogens is 1. The Labute approximate surface area is 76.9 Å². The molecular formula is C10H13N3. The molecule has 1 aromatic heterocycles. The van der Waals surface area contributed by atoms with E-state index in [-0.39, 0.29) is 6.04 Å². The minimum Gasteiger partial charge on any atom is -0.328 e. The summed E-state index contributed by atoms with van der Waals surface area (Å²) in [7, 11) is 0. The second-order valence-corrected chi connectivity index (χ2v) is 3.43. The first-order valence-electron chi connectivity index (χ1n) is 4.44. The van der Waals surface area contributed by atoms with Gasteiger partial charge in [-0.25, -0.2) is 0 Å². The van der Waals surface area contributed by atoms with Crippen LogP contribution >= 0.6 is 0 Å². The van der Waals surface area contributed by atoms with E-state index >= 15 is 0 Å². The third-order valence-electron chi connectivity index (χ3n) is 2.10. The Morgan fingerprint density at radius 2 is 2.38 bits per heavy atom. The van der Waals surface area contributed by atoms with Crippen LogP contribution in [-0.2, 0) is 6.42 Å². The number of fused-ring (bicyclic) bond motifs is 1. The van der Waals surface area contributed by atoms with Crippen molar-refractivity contribution in [3.8, 4) is 0 Å². The SMILES string of the molecule is C[C@H](N)Cc1cccc2cn[nH]c12. The predicted octanol–water partition coefficient (Wildman–Crippen LogP) is 1.45. The molecule has 0 spiro atoms. The van der Waals surface area contributed by atoms with Crippen molar-refractivity contribution in [2.45, 2.75) is 19.4 Å². The molecule has 0 amide bonds. The summed E-state index contributed by atoms with van der Waals surface area (Å²) in [5, 5.41) is 8.14. The fraction of sp³-hybridized carbons (Fsp3) is 0.300. The number of nitrogens with two attached hydrogens (primary N) is 1. The molecular weight excluding hydrogens is 162 g/mol. The van der Waals surface area contributed by atoms with Gasteiger partial charge in [0, 0.05) is 11.4 Å². The first kappa shape index (κ1) is 8.26. The highest BCUT2D eigenvalue weighted by Gasteiger charge is 2.03. The van der Waals surface area contributed by atoms with Crippen molar-refractivity contribution in [3.05, 3.63) is 30.0 Å². The van der Waals surface area contributed by atoms with Crippen molar-refractivity contribution in [1.29, 1.82) is 0 Å². The minimum atomic E-state index is 0.189. The van der Waals surface area contributed by atoms with Gasteiger partial charge in [-0.05, 0) is 18.9 Å². The molecule has 3 heteroatoms. The molecule has 3 nitrogen and oxygen atoms in total. The molecule has 0 aliphatic heterocycles. The Morgan fingerprint density at radius 3 is 3.15 bits per heavy atom. The topological polar surface area (TPSA) is 54.7 Å². The normalized spacial score (nSPS) is 13.4. The molecule has 68 valence electrons. The molecule has 2 aromatic rings. The van der Waals surface area contributed by atoms with Crippen LogP contribution in [0.5, 0.6) is 0 Å². The third kappa shape index (κ3) is 1.55. The second-order valence-electron chi connectivity index (χ2n) is 3.43. The maximum Gasteiger partial charge on any atom is 0.0682 e. The third-order valence-corrected chi connectivity index (χ3v) is 2.10. The zero-order valence-corrected chi connectivity index (χ0v) is 7.62. The minimum absolute atomic E-state index is 0.189. The summed E-state index contributed by atoms with van der Waals surface area (Å²) in [4.78, 5) is 0. The molecule has 1 aromatic carbocycles. The molecule has 0 aliphatic carbocycles. The molecule has 1 heterocycles. The van der Waals surface area contributed by atoms with Gasteiger partial charge in [-0.1, -0.05) is 18.2 Å². The molecule has 13 heavy (non-hydrogen) atoms. The van der Waals surface area contributed by atoms with Crippen LogP contribution < -0.4 is 5.73 Å². The van der Waals surface area contributed by atoms with Crippen LogP contribution in [0, 0.1) is 0 Å². The van der Waals surface area contributed by atoms with Crippen LogP contribution in [-0.4, -0.2) is 16.2 Å². The molecule has 0 radical (unpaired) electrons. The van der Waals surface area contributed by atoms with E-state index in [1.54, 1.807) is 0 Å². The fourth-order valence-electron chi connectivity index (χ4n) is 1.55. The fourth-order valence-corrected chi connectivity index (χ4v) is 1.55. The summed E-state index contributed by atoms with van der Waals surface area (Å²) in [5.41, 5.74) is 8.10. The summed E-state index contributed by atoms with van der Waals surface area (Å²) < 4.78 is 0. The molecule has 0 bridgehead atoms. The number of para-hydroxylation sites is 1. The van der Waals surface area contributed by atoms with Gasteiger partial charge in [-0.15, -0.1) is 0 Å². The number of nitrogens with one attached hydrogen (secondary N) is 1. The van der Waals surface area contributed by atoms with Crippen LogP contribution in [0.2, 0.25) is 0 Å². The molecule has 2 rings (SSSR count). The summed E-state index contributed by atoms with van der Waals surface area (Å²) in [5.74, 6) is 0. The van der Waals surface area contributed by atoms with Crippen molar-refractivity contribution in [2.24, 2.45) is 5.73 Å². The lowest BCUT2D eigenvalue weighted by Crippen LogP contribution is -2.17. The summed E-state index contributed by atoms with van der Waals surface area (Å²) in [6, 6.07) is 6.36. The maximum atomic E-state index is 5.75. The van der Waals surface area contributed by atoms with Gasteiger partial charge in [-0.2, -0.15) is 5.10 Å². The monoisotopic (exact) mass is 175 g/mol. The van der Waals surface area contributed by atoms with Gasteiger partial charge >= 0.3 is 0 Å². The van der Waals surface area contributed by atoms with E-state index < -0.39 is 0 Å². The average Bonchev–Trinajstić information content (AvgIpc) is 2.51. The summed E-state index contributed by atoms with van der Waals surface area (Å²) >= 11 is 0. The van der Waals surface area contributed by atoms with E-state index in [0.29, 0.717) is 0 Å². The average molecular weight is 175 g/mol. The van der Waals surface area contributed by atoms with Crippen molar-refractivity contribution in [3.63, 3.8) is 0 Å². The van der Waals surface area contributed by atoms with Crippen LogP contribution in [0.4, 0.5) is 0 Å². The van der Waals surface area contributed by atoms with Crippen LogP contribution in [0.25, 0.3) is 10.9 Å². The lowest BCUT2D eigenvalue weighted by Gasteiger charge is -2.05. The van der Waals surface area contributed by atoms with Gasteiger partial charge < -0.3 is 5.73 Å². The van der Waals surface area contributed by atoms with Gasteiger partial charge in [0.1, 0.15) is 0 Å². The van der Waals surface area contributed by atoms with Gasteiger partial charge in [-0.3, -0.25) is 5.10 Å². The molecule has 0 fully saturated rings. The maximum absolute atomic E-state index is 5.75. The summed E-state index contributed by atoms with van der Waals surface area (Å²) in [6.07, 6.45) is 2.72. The van der Waals surface area contributed by atoms with Crippen molar-refractivity contribution < 1.29 is 0 Å². The second kappa shape index (κ2) is 3.18. The zero-order valence-electron chi connectivity index (χ0n) is 7.62. The Morgan fingerprint density at radius 1 is 1.54 bits per heavy atom. The molecule has 0 saturated carbocycles. The quantitative estimate of drug-likeness (QED) is 0.725. The highest BCUT2D eigenvalue weighted by Crippen LogP contribution is 2.16. The molecule has 1 atom stereocenters. The highest BCUT2D eigenvalue weighted by atomic mass is 15.1. The van der Waals surface area contributed by atoms with Crippen LogP contribution in [0.3, 0.4) is 0 Å². The lowest BCUT2D eigenvalue weighted by atomic mass is 10.1. The van der Waals surface area contributed by atoms with Crippen molar-refractivity contribution >= 4 is 10.9 Å². The molecule has 0 saturated heterocycles. The number of hydrogen-bond donors (Lipinski definition) is 2. The smallest absolute Gasteiger partial charge is 0.0682 e. The largest absolute Gasteiger partial charge is 0.328 e. The number of aromatic nitrogens is 2. The van der Waals surface area contributed by atoms with Gasteiger partial charge in [0.15, 0.2) is 0 Å². The number of benzene rings is 1. The zero-order chi connectivity index (χ0) is 9.26. The Hall–Kier alpha value is -1.35. The van der Waals surface area contributed by atoms with Crippen LogP contribution in [0.1, 0.15) is 12.5 Å².